The molecule has 1 aliphatic rings. The van der Waals surface area contributed by atoms with Crippen LogP contribution in [0.2, 0.25) is 0 Å². The van der Waals surface area contributed by atoms with Crippen molar-refractivity contribution in [2.24, 2.45) is 0 Å². The molecule has 0 radical (unpaired) electrons. The van der Waals surface area contributed by atoms with Gasteiger partial charge in [-0.15, -0.1) is 0 Å². The Kier molecular flexibility index (Phi) is 3.71. The second-order valence-electron chi connectivity index (χ2n) is 6.48. The summed E-state index contributed by atoms with van der Waals surface area (Å²) < 4.78 is 28.2. The fourth-order valence-corrected chi connectivity index (χ4v) is 5.38. The van der Waals surface area contributed by atoms with Crippen molar-refractivity contribution in [3.8, 4) is 6.07 Å². The standard InChI is InChI=1S/C19H16N4O3S/c1-11-10-22-19(24)14-3-2-4-17(18(11)14)27(25,26)23-6-5-13-15(21)7-12(9-20)8-16(13)23/h2-4,7-8,10H,5-6,21H2,1H3,(H,22,24). The van der Waals surface area contributed by atoms with Gasteiger partial charge < -0.3 is 10.7 Å². The number of nitrogens with one attached hydrogen (secondary N) is 1. The molecule has 27 heavy (non-hydrogen) atoms. The lowest BCUT2D eigenvalue weighted by Crippen LogP contribution is -2.29. The molecule has 2 heterocycles. The molecule has 0 saturated carbocycles. The van der Waals surface area contributed by atoms with E-state index in [-0.39, 0.29) is 17.0 Å². The number of H-pyrrole nitrogens is 1. The summed E-state index contributed by atoms with van der Waals surface area (Å²) in [6, 6.07) is 9.76. The maximum atomic E-state index is 13.5. The van der Waals surface area contributed by atoms with Crippen molar-refractivity contribution in [2.45, 2.75) is 18.2 Å². The zero-order valence-corrected chi connectivity index (χ0v) is 15.3. The lowest BCUT2D eigenvalue weighted by atomic mass is 10.1. The highest BCUT2D eigenvalue weighted by Crippen LogP contribution is 2.38. The van der Waals surface area contributed by atoms with Crippen LogP contribution in [-0.4, -0.2) is 19.9 Å². The molecule has 0 spiro atoms. The van der Waals surface area contributed by atoms with E-state index < -0.39 is 10.0 Å². The smallest absolute Gasteiger partial charge is 0.264 e. The van der Waals surface area contributed by atoms with Gasteiger partial charge in [0.05, 0.1) is 22.2 Å². The van der Waals surface area contributed by atoms with Crippen LogP contribution in [-0.2, 0) is 16.4 Å². The maximum absolute atomic E-state index is 13.5. The molecule has 0 aliphatic carbocycles. The zero-order chi connectivity index (χ0) is 19.3. The minimum Gasteiger partial charge on any atom is -0.398 e. The summed E-state index contributed by atoms with van der Waals surface area (Å²) in [6.45, 7) is 1.98. The number of hydrogen-bond acceptors (Lipinski definition) is 5. The van der Waals surface area contributed by atoms with Crippen LogP contribution in [0.3, 0.4) is 0 Å². The predicted octanol–water partition coefficient (Wildman–Crippen LogP) is 2.04. The monoisotopic (exact) mass is 380 g/mol. The average Bonchev–Trinajstić information content (AvgIpc) is 3.09. The van der Waals surface area contributed by atoms with Crippen LogP contribution >= 0.6 is 0 Å². The van der Waals surface area contributed by atoms with Crippen LogP contribution in [0, 0.1) is 18.3 Å². The van der Waals surface area contributed by atoms with Crippen LogP contribution in [0.5, 0.6) is 0 Å². The summed E-state index contributed by atoms with van der Waals surface area (Å²) in [4.78, 5) is 14.8. The molecule has 136 valence electrons. The Bertz CT molecular complexity index is 1300. The van der Waals surface area contributed by atoms with Crippen molar-refractivity contribution >= 4 is 32.2 Å². The molecule has 0 fully saturated rings. The summed E-state index contributed by atoms with van der Waals surface area (Å²) in [5.41, 5.74) is 8.18. The van der Waals surface area contributed by atoms with Crippen molar-refractivity contribution in [2.75, 3.05) is 16.6 Å². The summed E-state index contributed by atoms with van der Waals surface area (Å²) in [7, 11) is -3.94. The Morgan fingerprint density at radius 1 is 1.30 bits per heavy atom. The van der Waals surface area contributed by atoms with Gasteiger partial charge in [0.1, 0.15) is 0 Å². The number of pyridine rings is 1. The lowest BCUT2D eigenvalue weighted by molar-refractivity contribution is 0.593. The van der Waals surface area contributed by atoms with Crippen molar-refractivity contribution in [3.05, 3.63) is 63.6 Å². The second kappa shape index (κ2) is 5.86. The number of nitrogens with zero attached hydrogens (tertiary/aromatic N) is 2. The molecule has 7 nitrogen and oxygen atoms in total. The van der Waals surface area contributed by atoms with Gasteiger partial charge in [-0.3, -0.25) is 9.10 Å². The fourth-order valence-electron chi connectivity index (χ4n) is 3.61. The Morgan fingerprint density at radius 3 is 2.81 bits per heavy atom. The zero-order valence-electron chi connectivity index (χ0n) is 14.5. The number of sulfonamides is 1. The number of aromatic nitrogens is 1. The molecule has 4 rings (SSSR count). The summed E-state index contributed by atoms with van der Waals surface area (Å²) in [5.74, 6) is 0. The van der Waals surface area contributed by atoms with E-state index in [0.717, 1.165) is 0 Å². The van der Waals surface area contributed by atoms with E-state index in [1.165, 1.54) is 16.6 Å². The topological polar surface area (TPSA) is 120 Å². The van der Waals surface area contributed by atoms with Gasteiger partial charge in [-0.25, -0.2) is 8.42 Å². The number of nitrogens with two attached hydrogens (primary N) is 1. The first-order valence-corrected chi connectivity index (χ1v) is 9.75. The quantitative estimate of drug-likeness (QED) is 0.659. The first kappa shape index (κ1) is 17.1. The molecule has 0 unspecified atom stereocenters. The Morgan fingerprint density at radius 2 is 2.07 bits per heavy atom. The molecule has 0 amide bonds. The highest BCUT2D eigenvalue weighted by Gasteiger charge is 2.33. The van der Waals surface area contributed by atoms with E-state index in [0.29, 0.717) is 45.3 Å². The SMILES string of the molecule is Cc1c[nH]c(=O)c2cccc(S(=O)(=O)N3CCc4c(N)cc(C#N)cc43)c12. The number of hydrogen-bond donors (Lipinski definition) is 2. The van der Waals surface area contributed by atoms with Gasteiger partial charge in [-0.05, 0) is 43.2 Å². The molecule has 3 N–H and O–H groups in total. The number of aromatic amines is 1. The number of anilines is 2. The first-order valence-electron chi connectivity index (χ1n) is 8.31. The minimum atomic E-state index is -3.94. The summed E-state index contributed by atoms with van der Waals surface area (Å²) in [5, 5.41) is 9.92. The molecule has 1 aliphatic heterocycles. The van der Waals surface area contributed by atoms with Gasteiger partial charge in [0, 0.05) is 34.8 Å². The van der Waals surface area contributed by atoms with Crippen molar-refractivity contribution in [3.63, 3.8) is 0 Å². The normalized spacial score (nSPS) is 13.6. The van der Waals surface area contributed by atoms with Crippen LogP contribution in [0.1, 0.15) is 16.7 Å². The molecule has 0 bridgehead atoms. The molecular formula is C19H16N4O3S. The third-order valence-corrected chi connectivity index (χ3v) is 6.73. The average molecular weight is 380 g/mol. The Balaban J connectivity index is 1.98. The third kappa shape index (κ3) is 2.47. The van der Waals surface area contributed by atoms with E-state index in [9.17, 15) is 18.5 Å². The third-order valence-electron chi connectivity index (χ3n) is 4.88. The minimum absolute atomic E-state index is 0.0670. The van der Waals surface area contributed by atoms with Gasteiger partial charge in [-0.2, -0.15) is 5.26 Å². The van der Waals surface area contributed by atoms with Gasteiger partial charge in [-0.1, -0.05) is 6.07 Å². The maximum Gasteiger partial charge on any atom is 0.264 e. The van der Waals surface area contributed by atoms with Crippen LogP contribution < -0.4 is 15.6 Å². The van der Waals surface area contributed by atoms with E-state index in [2.05, 4.69) is 4.98 Å². The molecule has 1 aromatic heterocycles. The summed E-state index contributed by atoms with van der Waals surface area (Å²) in [6.07, 6.45) is 1.98. The highest BCUT2D eigenvalue weighted by atomic mass is 32.2. The van der Waals surface area contributed by atoms with E-state index in [1.807, 2.05) is 6.07 Å². The lowest BCUT2D eigenvalue weighted by Gasteiger charge is -2.21. The van der Waals surface area contributed by atoms with Gasteiger partial charge in [0.2, 0.25) is 0 Å². The van der Waals surface area contributed by atoms with Crippen molar-refractivity contribution < 1.29 is 8.42 Å². The summed E-state index contributed by atoms with van der Waals surface area (Å²) >= 11 is 0. The number of aryl methyl sites for hydroxylation is 1. The van der Waals surface area contributed by atoms with Crippen LogP contribution in [0.15, 0.2) is 46.2 Å². The van der Waals surface area contributed by atoms with Crippen molar-refractivity contribution in [1.82, 2.24) is 4.98 Å². The first-order chi connectivity index (χ1) is 12.8. The van der Waals surface area contributed by atoms with Gasteiger partial charge in [0.15, 0.2) is 0 Å². The van der Waals surface area contributed by atoms with Crippen LogP contribution in [0.25, 0.3) is 10.8 Å². The number of rotatable bonds is 2. The molecule has 0 saturated heterocycles. The van der Waals surface area contributed by atoms with E-state index in [4.69, 9.17) is 5.73 Å². The van der Waals surface area contributed by atoms with Gasteiger partial charge in [0.25, 0.3) is 15.6 Å². The Labute approximate surface area is 155 Å². The van der Waals surface area contributed by atoms with E-state index in [1.54, 1.807) is 31.2 Å². The molecule has 2 aromatic carbocycles. The molecular weight excluding hydrogens is 364 g/mol. The predicted molar refractivity (Wildman–Crippen MR) is 103 cm³/mol. The fraction of sp³-hybridized carbons (Fsp3) is 0.158. The largest absolute Gasteiger partial charge is 0.398 e. The highest BCUT2D eigenvalue weighted by molar-refractivity contribution is 7.93. The number of benzene rings is 2. The molecule has 0 atom stereocenters. The van der Waals surface area contributed by atoms with Crippen LogP contribution in [0.4, 0.5) is 11.4 Å². The van der Waals surface area contributed by atoms with Gasteiger partial charge >= 0.3 is 0 Å². The number of nitrogen functional groups attached to an aromatic ring is 1. The van der Waals surface area contributed by atoms with E-state index >= 15 is 0 Å². The molecule has 3 aromatic rings. The second-order valence-corrected chi connectivity index (χ2v) is 8.31. The molecule has 8 heteroatoms. The Hall–Kier alpha value is -3.31. The number of fused-ring (bicyclic) bond motifs is 2. The van der Waals surface area contributed by atoms with Crippen molar-refractivity contribution in [1.29, 1.82) is 5.26 Å². The number of nitriles is 1.